The molecule has 0 aliphatic carbocycles. The van der Waals surface area contributed by atoms with Gasteiger partial charge in [0.1, 0.15) is 11.4 Å². The fourth-order valence-electron chi connectivity index (χ4n) is 4.60. The Balaban J connectivity index is 0.00000205. The van der Waals surface area contributed by atoms with Gasteiger partial charge in [-0.2, -0.15) is 0 Å². The molecule has 2 aliphatic rings. The summed E-state index contributed by atoms with van der Waals surface area (Å²) in [5.41, 5.74) is 0.919. The second-order valence-corrected chi connectivity index (χ2v) is 7.51. The molecular weight excluding hydrogens is 395 g/mol. The van der Waals surface area contributed by atoms with Crippen molar-refractivity contribution in [2.24, 2.45) is 11.8 Å². The Kier molecular flexibility index (Phi) is 5.15. The minimum Gasteiger partial charge on any atom is -0.451 e. The van der Waals surface area contributed by atoms with Crippen molar-refractivity contribution in [1.29, 1.82) is 0 Å². The molecule has 2 fully saturated rings. The standard InChI is InChI=1S/C22H19FN2O3.ClH/c23-15-5-3-4-13(8-15)21-17-11-24-10-14(17)12-25(21)22(27)20-9-18(26)16-6-1-2-7-19(16)28-20;/h1-9,14,17,21,24H,10-12H2;1H/t14-,17-,21-;/m0./s1. The molecule has 3 heterocycles. The summed E-state index contributed by atoms with van der Waals surface area (Å²) in [6.07, 6.45) is 0. The smallest absolute Gasteiger partial charge is 0.290 e. The first-order chi connectivity index (χ1) is 13.6. The van der Waals surface area contributed by atoms with Crippen molar-refractivity contribution in [3.05, 3.63) is 82.0 Å². The fraction of sp³-hybridized carbons (Fsp3) is 0.273. The maximum Gasteiger partial charge on any atom is 0.290 e. The Morgan fingerprint density at radius 2 is 1.93 bits per heavy atom. The van der Waals surface area contributed by atoms with Gasteiger partial charge in [0, 0.05) is 31.6 Å². The first-order valence-electron chi connectivity index (χ1n) is 9.42. The van der Waals surface area contributed by atoms with Gasteiger partial charge >= 0.3 is 0 Å². The molecular formula is C22H20ClFN2O3. The third kappa shape index (κ3) is 3.32. The lowest BCUT2D eigenvalue weighted by molar-refractivity contribution is 0.0682. The summed E-state index contributed by atoms with van der Waals surface area (Å²) in [4.78, 5) is 27.5. The minimum absolute atomic E-state index is 0. The lowest BCUT2D eigenvalue weighted by atomic mass is 9.89. The predicted molar refractivity (Wildman–Crippen MR) is 110 cm³/mol. The number of hydrogen-bond acceptors (Lipinski definition) is 4. The van der Waals surface area contributed by atoms with E-state index in [-0.39, 0.29) is 47.3 Å². The van der Waals surface area contributed by atoms with E-state index in [4.69, 9.17) is 4.42 Å². The van der Waals surface area contributed by atoms with Crippen molar-refractivity contribution < 1.29 is 13.6 Å². The zero-order valence-electron chi connectivity index (χ0n) is 15.5. The molecule has 5 nitrogen and oxygen atoms in total. The van der Waals surface area contributed by atoms with Gasteiger partial charge in [-0.1, -0.05) is 24.3 Å². The number of hydrogen-bond donors (Lipinski definition) is 1. The zero-order chi connectivity index (χ0) is 19.3. The van der Waals surface area contributed by atoms with Crippen LogP contribution in [-0.2, 0) is 0 Å². The number of halogens is 2. The van der Waals surface area contributed by atoms with Crippen LogP contribution in [0.15, 0.2) is 63.8 Å². The van der Waals surface area contributed by atoms with Crippen molar-refractivity contribution in [2.45, 2.75) is 6.04 Å². The zero-order valence-corrected chi connectivity index (χ0v) is 16.3. The number of nitrogens with zero attached hydrogens (tertiary/aromatic N) is 1. The molecule has 3 atom stereocenters. The highest BCUT2D eigenvalue weighted by Crippen LogP contribution is 2.43. The van der Waals surface area contributed by atoms with Gasteiger partial charge in [0.2, 0.25) is 0 Å². The van der Waals surface area contributed by atoms with Crippen LogP contribution < -0.4 is 10.7 Å². The summed E-state index contributed by atoms with van der Waals surface area (Å²) < 4.78 is 19.6. The van der Waals surface area contributed by atoms with E-state index in [1.165, 1.54) is 18.2 Å². The molecule has 3 aromatic rings. The van der Waals surface area contributed by atoms with Crippen molar-refractivity contribution in [1.82, 2.24) is 10.2 Å². The Morgan fingerprint density at radius 1 is 1.10 bits per heavy atom. The molecule has 29 heavy (non-hydrogen) atoms. The third-order valence-corrected chi connectivity index (χ3v) is 5.86. The summed E-state index contributed by atoms with van der Waals surface area (Å²) in [5, 5.41) is 3.81. The molecule has 0 unspecified atom stereocenters. The second kappa shape index (κ2) is 7.61. The lowest BCUT2D eigenvalue weighted by Crippen LogP contribution is -2.35. The first-order valence-corrected chi connectivity index (χ1v) is 9.42. The van der Waals surface area contributed by atoms with Crippen molar-refractivity contribution in [2.75, 3.05) is 19.6 Å². The van der Waals surface area contributed by atoms with E-state index in [9.17, 15) is 14.0 Å². The summed E-state index contributed by atoms with van der Waals surface area (Å²) in [5.74, 6) is -0.122. The summed E-state index contributed by atoms with van der Waals surface area (Å²) >= 11 is 0. The quantitative estimate of drug-likeness (QED) is 0.698. The topological polar surface area (TPSA) is 62.6 Å². The number of nitrogens with one attached hydrogen (secondary N) is 1. The third-order valence-electron chi connectivity index (χ3n) is 5.86. The molecule has 150 valence electrons. The average Bonchev–Trinajstić information content (AvgIpc) is 3.28. The normalized spacial score (nSPS) is 23.1. The van der Waals surface area contributed by atoms with Gasteiger partial charge in [-0.25, -0.2) is 4.39 Å². The van der Waals surface area contributed by atoms with Crippen LogP contribution in [0, 0.1) is 17.7 Å². The Hall–Kier alpha value is -2.70. The molecule has 1 N–H and O–H groups in total. The highest BCUT2D eigenvalue weighted by atomic mass is 35.5. The number of benzene rings is 2. The fourth-order valence-corrected chi connectivity index (χ4v) is 4.60. The van der Waals surface area contributed by atoms with Crippen LogP contribution >= 0.6 is 12.4 Å². The van der Waals surface area contributed by atoms with Crippen molar-refractivity contribution >= 4 is 29.3 Å². The number of amides is 1. The molecule has 0 bridgehead atoms. The number of para-hydroxylation sites is 1. The molecule has 0 radical (unpaired) electrons. The average molecular weight is 415 g/mol. The number of rotatable bonds is 2. The summed E-state index contributed by atoms with van der Waals surface area (Å²) in [6, 6.07) is 14.3. The Morgan fingerprint density at radius 3 is 2.76 bits per heavy atom. The van der Waals surface area contributed by atoms with Gasteiger partial charge < -0.3 is 14.6 Å². The molecule has 5 rings (SSSR count). The van der Waals surface area contributed by atoms with Gasteiger partial charge in [0.25, 0.3) is 5.91 Å². The van der Waals surface area contributed by atoms with Crippen LogP contribution in [0.2, 0.25) is 0 Å². The predicted octanol–water partition coefficient (Wildman–Crippen LogP) is 3.39. The van der Waals surface area contributed by atoms with E-state index in [0.29, 0.717) is 23.4 Å². The molecule has 2 saturated heterocycles. The summed E-state index contributed by atoms with van der Waals surface area (Å²) in [7, 11) is 0. The summed E-state index contributed by atoms with van der Waals surface area (Å²) in [6.45, 7) is 2.15. The molecule has 2 aliphatic heterocycles. The Bertz CT molecular complexity index is 1130. The highest BCUT2D eigenvalue weighted by molar-refractivity contribution is 5.93. The van der Waals surface area contributed by atoms with Gasteiger partial charge in [0.05, 0.1) is 11.4 Å². The van der Waals surface area contributed by atoms with E-state index in [1.807, 2.05) is 6.07 Å². The monoisotopic (exact) mass is 414 g/mol. The molecule has 1 amide bonds. The number of likely N-dealkylation sites (tertiary alicyclic amines) is 1. The lowest BCUT2D eigenvalue weighted by Gasteiger charge is -2.28. The van der Waals surface area contributed by atoms with Gasteiger partial charge in [-0.05, 0) is 35.7 Å². The van der Waals surface area contributed by atoms with Crippen LogP contribution in [0.3, 0.4) is 0 Å². The van der Waals surface area contributed by atoms with Crippen LogP contribution in [0.5, 0.6) is 0 Å². The van der Waals surface area contributed by atoms with Crippen LogP contribution in [0.1, 0.15) is 22.2 Å². The molecule has 2 aromatic carbocycles. The van der Waals surface area contributed by atoms with Crippen LogP contribution in [0.4, 0.5) is 4.39 Å². The minimum atomic E-state index is -0.327. The van der Waals surface area contributed by atoms with Gasteiger partial charge in [-0.3, -0.25) is 9.59 Å². The maximum atomic E-state index is 13.9. The number of carbonyl (C=O) groups is 1. The largest absolute Gasteiger partial charge is 0.451 e. The SMILES string of the molecule is Cl.O=C(c1cc(=O)c2ccccc2o1)N1C[C@@H]2CNC[C@@H]2[C@@H]1c1cccc(F)c1. The van der Waals surface area contributed by atoms with Crippen LogP contribution in [-0.4, -0.2) is 30.4 Å². The van der Waals surface area contributed by atoms with Gasteiger partial charge in [-0.15, -0.1) is 12.4 Å². The van der Waals surface area contributed by atoms with E-state index in [2.05, 4.69) is 5.32 Å². The van der Waals surface area contributed by atoms with Crippen molar-refractivity contribution in [3.63, 3.8) is 0 Å². The molecule has 1 aromatic heterocycles. The maximum absolute atomic E-state index is 13.9. The van der Waals surface area contributed by atoms with Gasteiger partial charge in [0.15, 0.2) is 11.2 Å². The molecule has 0 saturated carbocycles. The van der Waals surface area contributed by atoms with Crippen molar-refractivity contribution in [3.8, 4) is 0 Å². The molecule has 0 spiro atoms. The highest BCUT2D eigenvalue weighted by Gasteiger charge is 2.47. The van der Waals surface area contributed by atoms with E-state index in [1.54, 1.807) is 35.2 Å². The number of carbonyl (C=O) groups excluding carboxylic acids is 1. The first kappa shape index (κ1) is 19.6. The Labute approximate surface area is 172 Å². The van der Waals surface area contributed by atoms with E-state index >= 15 is 0 Å². The van der Waals surface area contributed by atoms with E-state index in [0.717, 1.165) is 18.7 Å². The van der Waals surface area contributed by atoms with E-state index < -0.39 is 0 Å². The molecule has 7 heteroatoms. The van der Waals surface area contributed by atoms with Crippen LogP contribution in [0.25, 0.3) is 11.0 Å². The number of fused-ring (bicyclic) bond motifs is 2. The second-order valence-electron chi connectivity index (χ2n) is 7.51.